The van der Waals surface area contributed by atoms with Crippen molar-refractivity contribution in [3.63, 3.8) is 0 Å². The van der Waals surface area contributed by atoms with Gasteiger partial charge in [-0.2, -0.15) is 0 Å². The summed E-state index contributed by atoms with van der Waals surface area (Å²) in [6.07, 6.45) is 6.25. The summed E-state index contributed by atoms with van der Waals surface area (Å²) in [5, 5.41) is 10.2. The third-order valence-corrected chi connectivity index (χ3v) is 5.65. The molecule has 0 aromatic rings. The Kier molecular flexibility index (Phi) is 11.0. The van der Waals surface area contributed by atoms with Crippen LogP contribution in [-0.4, -0.2) is 36.0 Å². The van der Waals surface area contributed by atoms with Crippen LogP contribution in [0.25, 0.3) is 0 Å². The summed E-state index contributed by atoms with van der Waals surface area (Å²) in [5.41, 5.74) is 0. The third kappa shape index (κ3) is 9.13. The first kappa shape index (κ1) is 24.0. The molecule has 1 N–H and O–H groups in total. The van der Waals surface area contributed by atoms with Crippen molar-refractivity contribution in [3.8, 4) is 0 Å². The minimum absolute atomic E-state index is 0.0733. The van der Waals surface area contributed by atoms with Gasteiger partial charge in [0.25, 0.3) is 0 Å². The van der Waals surface area contributed by atoms with Crippen molar-refractivity contribution in [1.29, 1.82) is 0 Å². The van der Waals surface area contributed by atoms with Crippen LogP contribution < -0.4 is 0 Å². The van der Waals surface area contributed by atoms with Crippen LogP contribution in [0.5, 0.6) is 0 Å². The zero-order chi connectivity index (χ0) is 20.3. The number of methoxy groups -OCH3 is 1. The highest BCUT2D eigenvalue weighted by Crippen LogP contribution is 2.37. The summed E-state index contributed by atoms with van der Waals surface area (Å²) in [6.45, 7) is 1.76. The number of carbonyl (C=O) groups excluding carboxylic acids is 2. The average Bonchev–Trinajstić information content (AvgIpc) is 2.87. The highest BCUT2D eigenvalue weighted by molar-refractivity contribution is 5.84. The number of carbonyl (C=O) groups is 2. The second-order valence-electron chi connectivity index (χ2n) is 7.89. The molecule has 1 saturated carbocycles. The van der Waals surface area contributed by atoms with Crippen molar-refractivity contribution in [1.82, 2.24) is 0 Å². The fourth-order valence-corrected chi connectivity index (χ4v) is 4.13. The first-order chi connectivity index (χ1) is 12.8. The maximum atomic E-state index is 13.5. The van der Waals surface area contributed by atoms with Gasteiger partial charge in [0.15, 0.2) is 0 Å². The van der Waals surface area contributed by atoms with Gasteiger partial charge in [0.1, 0.15) is 5.78 Å². The molecule has 1 rings (SSSR count). The third-order valence-electron chi connectivity index (χ3n) is 5.65. The Morgan fingerprint density at radius 2 is 1.78 bits per heavy atom. The molecule has 0 radical (unpaired) electrons. The smallest absolute Gasteiger partial charge is 0.305 e. The van der Waals surface area contributed by atoms with Gasteiger partial charge in [0, 0.05) is 31.6 Å². The lowest BCUT2D eigenvalue weighted by Crippen LogP contribution is -2.21. The standard InChI is InChI=1S/C21H36F2O4/c1-3-13-21(22,23)14-9-8-11-17-16(18(24)15-19(17)25)10-6-4-5-7-12-20(26)27-2/h16-17,19,25H,3-15H2,1-2H3/t16-,17-,19-/m1/s1. The van der Waals surface area contributed by atoms with E-state index in [9.17, 15) is 23.5 Å². The van der Waals surface area contributed by atoms with Crippen LogP contribution in [0.2, 0.25) is 0 Å². The Morgan fingerprint density at radius 3 is 2.44 bits per heavy atom. The number of alkyl halides is 2. The predicted molar refractivity (Wildman–Crippen MR) is 101 cm³/mol. The highest BCUT2D eigenvalue weighted by Gasteiger charge is 2.40. The topological polar surface area (TPSA) is 63.6 Å². The van der Waals surface area contributed by atoms with Crippen molar-refractivity contribution in [2.75, 3.05) is 7.11 Å². The molecular weight excluding hydrogens is 354 g/mol. The van der Waals surface area contributed by atoms with E-state index in [0.717, 1.165) is 32.1 Å². The fraction of sp³-hybridized carbons (Fsp3) is 0.905. The van der Waals surface area contributed by atoms with Crippen LogP contribution in [0.15, 0.2) is 0 Å². The maximum absolute atomic E-state index is 13.5. The monoisotopic (exact) mass is 390 g/mol. The van der Waals surface area contributed by atoms with Gasteiger partial charge in [-0.25, -0.2) is 8.78 Å². The minimum atomic E-state index is -2.59. The van der Waals surface area contributed by atoms with E-state index in [2.05, 4.69) is 4.74 Å². The Bertz CT molecular complexity index is 453. The van der Waals surface area contributed by atoms with Crippen LogP contribution >= 0.6 is 0 Å². The Morgan fingerprint density at radius 1 is 1.11 bits per heavy atom. The molecule has 158 valence electrons. The highest BCUT2D eigenvalue weighted by atomic mass is 19.3. The molecule has 0 aromatic heterocycles. The molecule has 3 atom stereocenters. The summed E-state index contributed by atoms with van der Waals surface area (Å²) in [6, 6.07) is 0. The maximum Gasteiger partial charge on any atom is 0.305 e. The lowest BCUT2D eigenvalue weighted by molar-refractivity contribution is -0.140. The van der Waals surface area contributed by atoms with E-state index < -0.39 is 12.0 Å². The zero-order valence-electron chi connectivity index (χ0n) is 16.9. The molecule has 0 heterocycles. The SMILES string of the molecule is CCCC(F)(F)CCCC[C@H]1[C@H](O)CC(=O)[C@@H]1CCCCCCC(=O)OC. The second kappa shape index (κ2) is 12.4. The summed E-state index contributed by atoms with van der Waals surface area (Å²) in [5.74, 6) is -2.92. The minimum Gasteiger partial charge on any atom is -0.469 e. The second-order valence-corrected chi connectivity index (χ2v) is 7.89. The van der Waals surface area contributed by atoms with Crippen molar-refractivity contribution in [3.05, 3.63) is 0 Å². The van der Waals surface area contributed by atoms with Crippen LogP contribution in [-0.2, 0) is 14.3 Å². The number of unbranched alkanes of at least 4 members (excludes halogenated alkanes) is 4. The van der Waals surface area contributed by atoms with Crippen molar-refractivity contribution >= 4 is 11.8 Å². The van der Waals surface area contributed by atoms with E-state index in [-0.39, 0.29) is 42.9 Å². The number of esters is 1. The largest absolute Gasteiger partial charge is 0.469 e. The fourth-order valence-electron chi connectivity index (χ4n) is 4.13. The number of hydrogen-bond donors (Lipinski definition) is 1. The van der Waals surface area contributed by atoms with Crippen LogP contribution in [0.4, 0.5) is 8.78 Å². The summed E-state index contributed by atoms with van der Waals surface area (Å²) < 4.78 is 31.7. The van der Waals surface area contributed by atoms with Crippen LogP contribution in [0.3, 0.4) is 0 Å². The number of ether oxygens (including phenoxy) is 1. The zero-order valence-corrected chi connectivity index (χ0v) is 16.9. The van der Waals surface area contributed by atoms with Gasteiger partial charge in [-0.1, -0.05) is 39.0 Å². The number of aliphatic hydroxyl groups is 1. The van der Waals surface area contributed by atoms with E-state index in [1.165, 1.54) is 7.11 Å². The molecular formula is C21H36F2O4. The molecule has 0 aromatic carbocycles. The average molecular weight is 391 g/mol. The molecule has 0 saturated heterocycles. The van der Waals surface area contributed by atoms with E-state index in [0.29, 0.717) is 32.1 Å². The first-order valence-corrected chi connectivity index (χ1v) is 10.5. The molecule has 4 nitrogen and oxygen atoms in total. The van der Waals surface area contributed by atoms with Crippen molar-refractivity contribution in [2.45, 2.75) is 102 Å². The normalized spacial score (nSPS) is 23.0. The molecule has 0 aliphatic heterocycles. The Labute approximate surface area is 162 Å². The van der Waals surface area contributed by atoms with Gasteiger partial charge < -0.3 is 9.84 Å². The molecule has 0 unspecified atom stereocenters. The molecule has 0 amide bonds. The van der Waals surface area contributed by atoms with E-state index in [1.807, 2.05) is 0 Å². The Hall–Kier alpha value is -1.04. The molecule has 1 aliphatic carbocycles. The number of rotatable bonds is 14. The number of hydrogen-bond acceptors (Lipinski definition) is 4. The molecule has 27 heavy (non-hydrogen) atoms. The predicted octanol–water partition coefficient (Wildman–Crippen LogP) is 5.06. The van der Waals surface area contributed by atoms with E-state index in [1.54, 1.807) is 6.92 Å². The van der Waals surface area contributed by atoms with Crippen LogP contribution in [0, 0.1) is 11.8 Å². The molecule has 0 bridgehead atoms. The van der Waals surface area contributed by atoms with Gasteiger partial charge in [-0.05, 0) is 31.6 Å². The molecule has 6 heteroatoms. The van der Waals surface area contributed by atoms with Crippen LogP contribution in [0.1, 0.15) is 90.4 Å². The lowest BCUT2D eigenvalue weighted by Gasteiger charge is -2.21. The molecule has 1 aliphatic rings. The van der Waals surface area contributed by atoms with Gasteiger partial charge >= 0.3 is 5.97 Å². The van der Waals surface area contributed by atoms with E-state index >= 15 is 0 Å². The number of ketones is 1. The molecule has 0 spiro atoms. The summed E-state index contributed by atoms with van der Waals surface area (Å²) in [7, 11) is 1.38. The number of aliphatic hydroxyl groups excluding tert-OH is 1. The van der Waals surface area contributed by atoms with Gasteiger partial charge in [0.05, 0.1) is 13.2 Å². The van der Waals surface area contributed by atoms with E-state index in [4.69, 9.17) is 0 Å². The first-order valence-electron chi connectivity index (χ1n) is 10.5. The summed E-state index contributed by atoms with van der Waals surface area (Å²) >= 11 is 0. The summed E-state index contributed by atoms with van der Waals surface area (Å²) in [4.78, 5) is 23.2. The van der Waals surface area contributed by atoms with Gasteiger partial charge in [-0.15, -0.1) is 0 Å². The molecule has 1 fully saturated rings. The van der Waals surface area contributed by atoms with Gasteiger partial charge in [-0.3, -0.25) is 9.59 Å². The lowest BCUT2D eigenvalue weighted by atomic mass is 9.85. The quantitative estimate of drug-likeness (QED) is 0.332. The van der Waals surface area contributed by atoms with Crippen molar-refractivity contribution < 1.29 is 28.2 Å². The van der Waals surface area contributed by atoms with Crippen molar-refractivity contribution in [2.24, 2.45) is 11.8 Å². The number of Topliss-reactive ketones (excluding diaryl/α,β-unsaturated/α-hetero) is 1. The number of halogens is 2. The Balaban J connectivity index is 2.29. The van der Waals surface area contributed by atoms with Gasteiger partial charge in [0.2, 0.25) is 5.92 Å².